The molecule has 4 heteroatoms. The maximum absolute atomic E-state index is 13.8. The molecule has 1 aromatic heterocycles. The van der Waals surface area contributed by atoms with Crippen LogP contribution in [0.4, 0.5) is 8.78 Å². The van der Waals surface area contributed by atoms with Crippen molar-refractivity contribution in [3.05, 3.63) is 57.5 Å². The Kier molecular flexibility index (Phi) is 3.27. The molecule has 100 valence electrons. The third kappa shape index (κ3) is 2.18. The molecule has 0 aliphatic heterocycles. The van der Waals surface area contributed by atoms with Gasteiger partial charge in [-0.25, -0.2) is 8.78 Å². The lowest BCUT2D eigenvalue weighted by atomic mass is 9.98. The molecule has 19 heavy (non-hydrogen) atoms. The van der Waals surface area contributed by atoms with Crippen molar-refractivity contribution in [3.63, 3.8) is 0 Å². The van der Waals surface area contributed by atoms with Crippen molar-refractivity contribution in [1.82, 2.24) is 0 Å². The molecule has 1 heterocycles. The topological polar surface area (TPSA) is 30.2 Å². The van der Waals surface area contributed by atoms with Gasteiger partial charge in [0.05, 0.1) is 11.1 Å². The Bertz CT molecular complexity index is 669. The highest BCUT2D eigenvalue weighted by Gasteiger charge is 2.23. The number of carbonyl (C=O) groups is 1. The van der Waals surface area contributed by atoms with E-state index >= 15 is 0 Å². The summed E-state index contributed by atoms with van der Waals surface area (Å²) in [5.74, 6) is -0.848. The van der Waals surface area contributed by atoms with Crippen LogP contribution in [0.2, 0.25) is 0 Å². The minimum atomic E-state index is -0.721. The summed E-state index contributed by atoms with van der Waals surface area (Å²) < 4.78 is 32.7. The molecule has 0 radical (unpaired) electrons. The van der Waals surface area contributed by atoms with Crippen molar-refractivity contribution in [1.29, 1.82) is 0 Å². The lowest BCUT2D eigenvalue weighted by Gasteiger charge is -2.05. The zero-order valence-corrected chi connectivity index (χ0v) is 11.2. The highest BCUT2D eigenvalue weighted by molar-refractivity contribution is 6.10. The molecule has 0 spiro atoms. The zero-order valence-electron chi connectivity index (χ0n) is 11.2. The van der Waals surface area contributed by atoms with E-state index in [-0.39, 0.29) is 11.1 Å². The number of furan rings is 1. The maximum Gasteiger partial charge on any atom is 0.199 e. The largest absolute Gasteiger partial charge is 0.466 e. The summed E-state index contributed by atoms with van der Waals surface area (Å²) in [6.07, 6.45) is 0. The van der Waals surface area contributed by atoms with E-state index < -0.39 is 17.4 Å². The number of halogens is 2. The van der Waals surface area contributed by atoms with Gasteiger partial charge in [0.15, 0.2) is 5.78 Å². The van der Waals surface area contributed by atoms with Crippen LogP contribution in [0.25, 0.3) is 0 Å². The molecule has 0 unspecified atom stereocenters. The smallest absolute Gasteiger partial charge is 0.199 e. The van der Waals surface area contributed by atoms with E-state index in [0.29, 0.717) is 22.6 Å². The van der Waals surface area contributed by atoms with Crippen LogP contribution in [0.3, 0.4) is 0 Å². The summed E-state index contributed by atoms with van der Waals surface area (Å²) in [4.78, 5) is 12.3. The van der Waals surface area contributed by atoms with Gasteiger partial charge in [-0.3, -0.25) is 4.79 Å². The Balaban J connectivity index is 2.59. The van der Waals surface area contributed by atoms with E-state index in [0.717, 1.165) is 12.1 Å². The normalized spacial score (nSPS) is 10.8. The van der Waals surface area contributed by atoms with Gasteiger partial charge in [-0.15, -0.1) is 0 Å². The van der Waals surface area contributed by atoms with Crippen LogP contribution in [0, 0.1) is 39.3 Å². The van der Waals surface area contributed by atoms with Crippen LogP contribution in [-0.4, -0.2) is 5.78 Å². The number of benzene rings is 1. The van der Waals surface area contributed by atoms with Gasteiger partial charge in [0.1, 0.15) is 23.2 Å². The van der Waals surface area contributed by atoms with Crippen LogP contribution in [0.5, 0.6) is 0 Å². The first kappa shape index (κ1) is 13.5. The Labute approximate surface area is 110 Å². The molecule has 0 bridgehead atoms. The fraction of sp³-hybridized carbons (Fsp3) is 0.267. The van der Waals surface area contributed by atoms with Crippen molar-refractivity contribution in [2.24, 2.45) is 0 Å². The monoisotopic (exact) mass is 264 g/mol. The van der Waals surface area contributed by atoms with Gasteiger partial charge < -0.3 is 4.42 Å². The minimum Gasteiger partial charge on any atom is -0.466 e. The SMILES string of the molecule is Cc1cc(F)c(C(=O)c2c(C)oc(C)c2C)cc1F. The molecule has 0 N–H and O–H groups in total. The molecule has 2 rings (SSSR count). The number of ketones is 1. The third-order valence-corrected chi connectivity index (χ3v) is 3.28. The quantitative estimate of drug-likeness (QED) is 0.767. The molecule has 0 aliphatic rings. The van der Waals surface area contributed by atoms with Gasteiger partial charge >= 0.3 is 0 Å². The van der Waals surface area contributed by atoms with Gasteiger partial charge in [-0.2, -0.15) is 0 Å². The third-order valence-electron chi connectivity index (χ3n) is 3.28. The maximum atomic E-state index is 13.8. The molecular weight excluding hydrogens is 250 g/mol. The Morgan fingerprint density at radius 2 is 1.63 bits per heavy atom. The first-order valence-corrected chi connectivity index (χ1v) is 5.90. The molecule has 1 aromatic carbocycles. The molecule has 0 saturated heterocycles. The van der Waals surface area contributed by atoms with E-state index in [1.54, 1.807) is 20.8 Å². The Morgan fingerprint density at radius 1 is 1.00 bits per heavy atom. The first-order valence-electron chi connectivity index (χ1n) is 5.90. The number of hydrogen-bond donors (Lipinski definition) is 0. The van der Waals surface area contributed by atoms with Crippen LogP contribution in [0.1, 0.15) is 38.6 Å². The van der Waals surface area contributed by atoms with Crippen molar-refractivity contribution in [2.75, 3.05) is 0 Å². The predicted molar refractivity (Wildman–Crippen MR) is 67.4 cm³/mol. The van der Waals surface area contributed by atoms with Gasteiger partial charge in [0, 0.05) is 5.56 Å². The average Bonchev–Trinajstić information content (AvgIpc) is 2.57. The first-order chi connectivity index (χ1) is 8.82. The average molecular weight is 264 g/mol. The lowest BCUT2D eigenvalue weighted by molar-refractivity contribution is 0.103. The second-order valence-electron chi connectivity index (χ2n) is 4.62. The van der Waals surface area contributed by atoms with E-state index in [4.69, 9.17) is 4.42 Å². The van der Waals surface area contributed by atoms with Gasteiger partial charge in [0.25, 0.3) is 0 Å². The second kappa shape index (κ2) is 4.61. The fourth-order valence-electron chi connectivity index (χ4n) is 2.08. The van der Waals surface area contributed by atoms with E-state index in [9.17, 15) is 13.6 Å². The van der Waals surface area contributed by atoms with Crippen molar-refractivity contribution in [2.45, 2.75) is 27.7 Å². The predicted octanol–water partition coefficient (Wildman–Crippen LogP) is 4.02. The van der Waals surface area contributed by atoms with Crippen LogP contribution >= 0.6 is 0 Å². The highest BCUT2D eigenvalue weighted by atomic mass is 19.1. The van der Waals surface area contributed by atoms with Crippen LogP contribution < -0.4 is 0 Å². The van der Waals surface area contributed by atoms with E-state index in [1.165, 1.54) is 6.92 Å². The Hall–Kier alpha value is -1.97. The summed E-state index contributed by atoms with van der Waals surface area (Å²) in [6.45, 7) is 6.54. The van der Waals surface area contributed by atoms with E-state index in [1.807, 2.05) is 0 Å². The Morgan fingerprint density at radius 3 is 2.16 bits per heavy atom. The van der Waals surface area contributed by atoms with Gasteiger partial charge in [-0.05, 0) is 45.4 Å². The van der Waals surface area contributed by atoms with E-state index in [2.05, 4.69) is 0 Å². The van der Waals surface area contributed by atoms with Crippen molar-refractivity contribution in [3.8, 4) is 0 Å². The van der Waals surface area contributed by atoms with Crippen molar-refractivity contribution < 1.29 is 18.0 Å². The zero-order chi connectivity index (χ0) is 14.3. The number of rotatable bonds is 2. The molecule has 0 saturated carbocycles. The second-order valence-corrected chi connectivity index (χ2v) is 4.62. The molecule has 0 amide bonds. The molecule has 0 atom stereocenters. The molecular formula is C15H14F2O2. The standard InChI is InChI=1S/C15H14F2O2/c1-7-5-13(17)11(6-12(7)16)15(18)14-8(2)9(3)19-10(14)4/h5-6H,1-4H3. The van der Waals surface area contributed by atoms with Crippen LogP contribution in [0.15, 0.2) is 16.5 Å². The van der Waals surface area contributed by atoms with Gasteiger partial charge in [-0.1, -0.05) is 0 Å². The number of hydrogen-bond acceptors (Lipinski definition) is 2. The molecule has 2 aromatic rings. The highest BCUT2D eigenvalue weighted by Crippen LogP contribution is 2.25. The van der Waals surface area contributed by atoms with Crippen LogP contribution in [-0.2, 0) is 0 Å². The van der Waals surface area contributed by atoms with Crippen molar-refractivity contribution >= 4 is 5.78 Å². The summed E-state index contributed by atoms with van der Waals surface area (Å²) in [5.41, 5.74) is 0.864. The molecule has 0 aliphatic carbocycles. The summed E-state index contributed by atoms with van der Waals surface area (Å²) in [6, 6.07) is 1.97. The fourth-order valence-corrected chi connectivity index (χ4v) is 2.08. The molecule has 2 nitrogen and oxygen atoms in total. The minimum absolute atomic E-state index is 0.172. The summed E-state index contributed by atoms with van der Waals surface area (Å²) in [7, 11) is 0. The summed E-state index contributed by atoms with van der Waals surface area (Å²) in [5, 5.41) is 0. The number of carbonyl (C=O) groups excluding carboxylic acids is 1. The lowest BCUT2D eigenvalue weighted by Crippen LogP contribution is -2.07. The van der Waals surface area contributed by atoms with Gasteiger partial charge in [0.2, 0.25) is 0 Å². The molecule has 0 fully saturated rings. The summed E-state index contributed by atoms with van der Waals surface area (Å²) >= 11 is 0. The number of aryl methyl sites for hydroxylation is 3.